The van der Waals surface area contributed by atoms with Crippen molar-refractivity contribution >= 4 is 5.69 Å². The molecule has 1 aliphatic rings. The van der Waals surface area contributed by atoms with Gasteiger partial charge in [-0.1, -0.05) is 18.2 Å². The van der Waals surface area contributed by atoms with Crippen molar-refractivity contribution in [1.82, 2.24) is 0 Å². The van der Waals surface area contributed by atoms with Gasteiger partial charge in [0.25, 0.3) is 0 Å². The third kappa shape index (κ3) is 2.76. The lowest BCUT2D eigenvalue weighted by atomic mass is 9.95. The summed E-state index contributed by atoms with van der Waals surface area (Å²) >= 11 is 0. The molecule has 0 amide bonds. The summed E-state index contributed by atoms with van der Waals surface area (Å²) in [5.41, 5.74) is 8.76. The standard InChI is InChI=1S/C14H22N2/c1-14(2,15)11-12-7-3-4-8-13(12)16-9-5-6-10-16/h3-4,7-8H,5-6,9-11,15H2,1-2H3. The Balaban J connectivity index is 2.23. The molecule has 1 saturated heterocycles. The molecule has 0 unspecified atom stereocenters. The Kier molecular flexibility index (Phi) is 3.20. The molecule has 1 fully saturated rings. The minimum atomic E-state index is -0.129. The first kappa shape index (κ1) is 11.5. The molecule has 0 saturated carbocycles. The lowest BCUT2D eigenvalue weighted by molar-refractivity contribution is 0.516. The summed E-state index contributed by atoms with van der Waals surface area (Å²) in [7, 11) is 0. The van der Waals surface area contributed by atoms with Gasteiger partial charge in [0.2, 0.25) is 0 Å². The highest BCUT2D eigenvalue weighted by Crippen LogP contribution is 2.26. The zero-order valence-corrected chi connectivity index (χ0v) is 10.4. The number of hydrogen-bond acceptors (Lipinski definition) is 2. The molecule has 1 aromatic rings. The number of hydrogen-bond donors (Lipinski definition) is 1. The predicted octanol–water partition coefficient (Wildman–Crippen LogP) is 2.57. The Morgan fingerprint density at radius 1 is 1.19 bits per heavy atom. The Labute approximate surface area is 98.4 Å². The van der Waals surface area contributed by atoms with Crippen molar-refractivity contribution in [3.05, 3.63) is 29.8 Å². The number of rotatable bonds is 3. The summed E-state index contributed by atoms with van der Waals surface area (Å²) in [5.74, 6) is 0. The third-order valence-corrected chi connectivity index (χ3v) is 3.08. The normalized spacial score (nSPS) is 16.8. The maximum absolute atomic E-state index is 6.12. The first-order valence-electron chi connectivity index (χ1n) is 6.18. The zero-order chi connectivity index (χ0) is 11.6. The summed E-state index contributed by atoms with van der Waals surface area (Å²) in [6, 6.07) is 8.68. The quantitative estimate of drug-likeness (QED) is 0.845. The van der Waals surface area contributed by atoms with E-state index in [1.54, 1.807) is 0 Å². The highest BCUT2D eigenvalue weighted by Gasteiger charge is 2.19. The van der Waals surface area contributed by atoms with Crippen LogP contribution in [0, 0.1) is 0 Å². The van der Waals surface area contributed by atoms with Crippen LogP contribution in [0.25, 0.3) is 0 Å². The van der Waals surface area contributed by atoms with E-state index in [0.29, 0.717) is 0 Å². The van der Waals surface area contributed by atoms with Gasteiger partial charge in [0.1, 0.15) is 0 Å². The fraction of sp³-hybridized carbons (Fsp3) is 0.571. The van der Waals surface area contributed by atoms with Gasteiger partial charge in [0, 0.05) is 24.3 Å². The van der Waals surface area contributed by atoms with Crippen molar-refractivity contribution < 1.29 is 0 Å². The van der Waals surface area contributed by atoms with E-state index in [4.69, 9.17) is 5.73 Å². The van der Waals surface area contributed by atoms with E-state index in [1.165, 1.54) is 37.2 Å². The van der Waals surface area contributed by atoms with Crippen LogP contribution in [0.2, 0.25) is 0 Å². The van der Waals surface area contributed by atoms with Gasteiger partial charge in [0.05, 0.1) is 0 Å². The maximum Gasteiger partial charge on any atom is 0.0399 e. The van der Waals surface area contributed by atoms with Gasteiger partial charge in [0.15, 0.2) is 0 Å². The van der Waals surface area contributed by atoms with Crippen LogP contribution in [-0.2, 0) is 6.42 Å². The minimum absolute atomic E-state index is 0.129. The van der Waals surface area contributed by atoms with Gasteiger partial charge < -0.3 is 10.6 Å². The van der Waals surface area contributed by atoms with Crippen molar-refractivity contribution in [3.8, 4) is 0 Å². The van der Waals surface area contributed by atoms with Crippen molar-refractivity contribution in [2.45, 2.75) is 38.6 Å². The molecule has 0 bridgehead atoms. The van der Waals surface area contributed by atoms with Crippen molar-refractivity contribution in [2.75, 3.05) is 18.0 Å². The smallest absolute Gasteiger partial charge is 0.0399 e. The first-order valence-corrected chi connectivity index (χ1v) is 6.18. The highest BCUT2D eigenvalue weighted by molar-refractivity contribution is 5.54. The molecule has 2 rings (SSSR count). The van der Waals surface area contributed by atoms with E-state index in [2.05, 4.69) is 43.0 Å². The summed E-state index contributed by atoms with van der Waals surface area (Å²) in [6.07, 6.45) is 3.58. The second-order valence-corrected chi connectivity index (χ2v) is 5.49. The summed E-state index contributed by atoms with van der Waals surface area (Å²) in [6.45, 7) is 6.57. The topological polar surface area (TPSA) is 29.3 Å². The maximum atomic E-state index is 6.12. The second kappa shape index (κ2) is 4.46. The fourth-order valence-electron chi connectivity index (χ4n) is 2.42. The molecule has 0 spiro atoms. The van der Waals surface area contributed by atoms with Crippen LogP contribution in [-0.4, -0.2) is 18.6 Å². The molecule has 88 valence electrons. The molecule has 0 atom stereocenters. The first-order chi connectivity index (χ1) is 7.56. The molecule has 1 aliphatic heterocycles. The van der Waals surface area contributed by atoms with E-state index in [1.807, 2.05) is 0 Å². The van der Waals surface area contributed by atoms with Gasteiger partial charge in [-0.25, -0.2) is 0 Å². The third-order valence-electron chi connectivity index (χ3n) is 3.08. The molecule has 2 N–H and O–H groups in total. The molecule has 1 heterocycles. The number of benzene rings is 1. The van der Waals surface area contributed by atoms with Crippen LogP contribution in [0.4, 0.5) is 5.69 Å². The van der Waals surface area contributed by atoms with Crippen LogP contribution in [0.3, 0.4) is 0 Å². The predicted molar refractivity (Wildman–Crippen MR) is 69.9 cm³/mol. The number of para-hydroxylation sites is 1. The summed E-state index contributed by atoms with van der Waals surface area (Å²) < 4.78 is 0. The Morgan fingerprint density at radius 3 is 2.44 bits per heavy atom. The van der Waals surface area contributed by atoms with Gasteiger partial charge in [-0.3, -0.25) is 0 Å². The molecule has 0 aromatic heterocycles. The monoisotopic (exact) mass is 218 g/mol. The average molecular weight is 218 g/mol. The van der Waals surface area contributed by atoms with E-state index >= 15 is 0 Å². The SMILES string of the molecule is CC(C)(N)Cc1ccccc1N1CCCC1. The Hall–Kier alpha value is -1.02. The van der Waals surface area contributed by atoms with Crippen LogP contribution >= 0.6 is 0 Å². The average Bonchev–Trinajstić information content (AvgIpc) is 2.69. The van der Waals surface area contributed by atoms with E-state index in [-0.39, 0.29) is 5.54 Å². The van der Waals surface area contributed by atoms with E-state index in [0.717, 1.165) is 6.42 Å². The molecule has 0 radical (unpaired) electrons. The van der Waals surface area contributed by atoms with E-state index in [9.17, 15) is 0 Å². The fourth-order valence-corrected chi connectivity index (χ4v) is 2.42. The van der Waals surface area contributed by atoms with Crippen molar-refractivity contribution in [2.24, 2.45) is 5.73 Å². The number of nitrogens with zero attached hydrogens (tertiary/aromatic N) is 1. The van der Waals surface area contributed by atoms with Gasteiger partial charge >= 0.3 is 0 Å². The van der Waals surface area contributed by atoms with Gasteiger partial charge in [-0.05, 0) is 44.7 Å². The largest absolute Gasteiger partial charge is 0.371 e. The number of nitrogens with two attached hydrogens (primary N) is 1. The number of anilines is 1. The molecular formula is C14H22N2. The molecule has 16 heavy (non-hydrogen) atoms. The lowest BCUT2D eigenvalue weighted by Gasteiger charge is -2.25. The zero-order valence-electron chi connectivity index (χ0n) is 10.4. The Morgan fingerprint density at radius 2 is 1.81 bits per heavy atom. The molecule has 2 nitrogen and oxygen atoms in total. The van der Waals surface area contributed by atoms with Crippen LogP contribution in [0.15, 0.2) is 24.3 Å². The van der Waals surface area contributed by atoms with Crippen molar-refractivity contribution in [3.63, 3.8) is 0 Å². The summed E-state index contributed by atoms with van der Waals surface area (Å²) in [5, 5.41) is 0. The molecular weight excluding hydrogens is 196 g/mol. The van der Waals surface area contributed by atoms with Crippen LogP contribution in [0.1, 0.15) is 32.3 Å². The van der Waals surface area contributed by atoms with Crippen LogP contribution in [0.5, 0.6) is 0 Å². The highest BCUT2D eigenvalue weighted by atomic mass is 15.1. The summed E-state index contributed by atoms with van der Waals surface area (Å²) in [4.78, 5) is 2.49. The lowest BCUT2D eigenvalue weighted by Crippen LogP contribution is -2.35. The Bertz CT molecular complexity index is 346. The minimum Gasteiger partial charge on any atom is -0.371 e. The van der Waals surface area contributed by atoms with E-state index < -0.39 is 0 Å². The van der Waals surface area contributed by atoms with Gasteiger partial charge in [-0.15, -0.1) is 0 Å². The van der Waals surface area contributed by atoms with Gasteiger partial charge in [-0.2, -0.15) is 0 Å². The molecule has 1 aromatic carbocycles. The van der Waals surface area contributed by atoms with Crippen molar-refractivity contribution in [1.29, 1.82) is 0 Å². The second-order valence-electron chi connectivity index (χ2n) is 5.49. The molecule has 0 aliphatic carbocycles. The molecule has 2 heteroatoms. The van der Waals surface area contributed by atoms with Crippen LogP contribution < -0.4 is 10.6 Å².